The second kappa shape index (κ2) is 6.63. The quantitative estimate of drug-likeness (QED) is 0.453. The van der Waals surface area contributed by atoms with Crippen LogP contribution < -0.4 is 5.73 Å². The van der Waals surface area contributed by atoms with Crippen LogP contribution in [0, 0.1) is 11.2 Å². The van der Waals surface area contributed by atoms with Crippen molar-refractivity contribution in [3.8, 4) is 0 Å². The largest absolute Gasteiger partial charge is 0.384 e. The zero-order valence-corrected chi connectivity index (χ0v) is 11.6. The monoisotopic (exact) mass is 268 g/mol. The van der Waals surface area contributed by atoms with E-state index in [0.717, 1.165) is 6.42 Å². The fraction of sp³-hybridized carbons (Fsp3) is 0.500. The van der Waals surface area contributed by atoms with Gasteiger partial charge in [0.2, 0.25) is 0 Å². The van der Waals surface area contributed by atoms with Crippen molar-refractivity contribution in [3.63, 3.8) is 0 Å². The predicted molar refractivity (Wildman–Crippen MR) is 72.8 cm³/mol. The molecule has 3 N–H and O–H groups in total. The summed E-state index contributed by atoms with van der Waals surface area (Å²) in [6.07, 6.45) is 0.750. The van der Waals surface area contributed by atoms with Crippen molar-refractivity contribution in [2.45, 2.75) is 32.5 Å². The molecule has 1 aromatic carbocycles. The van der Waals surface area contributed by atoms with Crippen LogP contribution in [0.25, 0.3) is 0 Å². The predicted octanol–water partition coefficient (Wildman–Crippen LogP) is 2.44. The van der Waals surface area contributed by atoms with Gasteiger partial charge in [-0.15, -0.1) is 0 Å². The Bertz CT molecular complexity index is 447. The first kappa shape index (κ1) is 15.6. The first-order chi connectivity index (χ1) is 8.85. The van der Waals surface area contributed by atoms with E-state index in [2.05, 4.69) is 0 Å². The van der Waals surface area contributed by atoms with Crippen molar-refractivity contribution in [2.24, 2.45) is 5.73 Å². The maximum atomic E-state index is 13.1. The minimum atomic E-state index is -0.408. The van der Waals surface area contributed by atoms with Gasteiger partial charge in [0.05, 0.1) is 12.2 Å². The van der Waals surface area contributed by atoms with E-state index >= 15 is 0 Å². The third kappa shape index (κ3) is 4.96. The number of hydrogen-bond donors (Lipinski definition) is 2. The first-order valence-electron chi connectivity index (χ1n) is 6.11. The summed E-state index contributed by atoms with van der Waals surface area (Å²) in [6.45, 7) is 4.79. The SMILES string of the molecule is COC(C)(C)CCOCc1ccc(F)cc1C(=N)N. The molecule has 0 amide bonds. The number of rotatable bonds is 7. The van der Waals surface area contributed by atoms with Crippen LogP contribution in [0.4, 0.5) is 4.39 Å². The highest BCUT2D eigenvalue weighted by atomic mass is 19.1. The molecular formula is C14H21FN2O2. The molecule has 1 rings (SSSR count). The van der Waals surface area contributed by atoms with E-state index in [0.29, 0.717) is 24.3 Å². The second-order valence-corrected chi connectivity index (χ2v) is 4.98. The summed E-state index contributed by atoms with van der Waals surface area (Å²) in [5.74, 6) is -0.565. The van der Waals surface area contributed by atoms with Crippen LogP contribution in [0.3, 0.4) is 0 Å². The molecule has 0 aliphatic heterocycles. The molecule has 0 unspecified atom stereocenters. The number of halogens is 1. The van der Waals surface area contributed by atoms with Gasteiger partial charge < -0.3 is 15.2 Å². The van der Waals surface area contributed by atoms with Gasteiger partial charge in [0, 0.05) is 19.3 Å². The Morgan fingerprint density at radius 3 is 2.68 bits per heavy atom. The van der Waals surface area contributed by atoms with Crippen molar-refractivity contribution in [2.75, 3.05) is 13.7 Å². The number of nitrogens with one attached hydrogen (secondary N) is 1. The van der Waals surface area contributed by atoms with Crippen LogP contribution in [-0.2, 0) is 16.1 Å². The van der Waals surface area contributed by atoms with Crippen molar-refractivity contribution < 1.29 is 13.9 Å². The van der Waals surface area contributed by atoms with E-state index in [1.54, 1.807) is 13.2 Å². The number of hydrogen-bond acceptors (Lipinski definition) is 3. The minimum absolute atomic E-state index is 0.157. The summed E-state index contributed by atoms with van der Waals surface area (Å²) in [6, 6.07) is 4.18. The Morgan fingerprint density at radius 1 is 1.42 bits per heavy atom. The smallest absolute Gasteiger partial charge is 0.123 e. The lowest BCUT2D eigenvalue weighted by atomic mass is 10.1. The normalized spacial score (nSPS) is 11.6. The van der Waals surface area contributed by atoms with Gasteiger partial charge in [-0.25, -0.2) is 4.39 Å². The highest BCUT2D eigenvalue weighted by Crippen LogP contribution is 2.15. The average Bonchev–Trinajstić information content (AvgIpc) is 2.36. The fourth-order valence-corrected chi connectivity index (χ4v) is 1.53. The highest BCUT2D eigenvalue weighted by Gasteiger charge is 2.15. The van der Waals surface area contributed by atoms with Crippen LogP contribution in [-0.4, -0.2) is 25.2 Å². The topological polar surface area (TPSA) is 68.3 Å². The van der Waals surface area contributed by atoms with Gasteiger partial charge in [0.25, 0.3) is 0 Å². The molecule has 0 saturated heterocycles. The van der Waals surface area contributed by atoms with Crippen molar-refractivity contribution in [3.05, 3.63) is 35.1 Å². The van der Waals surface area contributed by atoms with Gasteiger partial charge in [0.1, 0.15) is 11.7 Å². The molecule has 4 nitrogen and oxygen atoms in total. The van der Waals surface area contributed by atoms with Gasteiger partial charge in [-0.05, 0) is 38.0 Å². The molecule has 0 fully saturated rings. The van der Waals surface area contributed by atoms with Gasteiger partial charge in [-0.2, -0.15) is 0 Å². The summed E-state index contributed by atoms with van der Waals surface area (Å²) in [5.41, 5.74) is 6.28. The number of ether oxygens (including phenoxy) is 2. The van der Waals surface area contributed by atoms with Gasteiger partial charge >= 0.3 is 0 Å². The molecule has 19 heavy (non-hydrogen) atoms. The Balaban J connectivity index is 2.56. The molecule has 0 spiro atoms. The lowest BCUT2D eigenvalue weighted by molar-refractivity contribution is -0.0124. The Hall–Kier alpha value is -1.46. The summed E-state index contributed by atoms with van der Waals surface area (Å²) in [5, 5.41) is 7.42. The summed E-state index contributed by atoms with van der Waals surface area (Å²) >= 11 is 0. The van der Waals surface area contributed by atoms with Crippen LogP contribution in [0.2, 0.25) is 0 Å². The van der Waals surface area contributed by atoms with Crippen LogP contribution >= 0.6 is 0 Å². The third-order valence-corrected chi connectivity index (χ3v) is 3.02. The lowest BCUT2D eigenvalue weighted by Gasteiger charge is -2.22. The van der Waals surface area contributed by atoms with Crippen LogP contribution in [0.1, 0.15) is 31.4 Å². The lowest BCUT2D eigenvalue weighted by Crippen LogP contribution is -2.24. The summed E-state index contributed by atoms with van der Waals surface area (Å²) in [7, 11) is 1.66. The van der Waals surface area contributed by atoms with Crippen molar-refractivity contribution in [1.29, 1.82) is 5.41 Å². The van der Waals surface area contributed by atoms with Crippen molar-refractivity contribution >= 4 is 5.84 Å². The number of methoxy groups -OCH3 is 1. The molecule has 0 bridgehead atoms. The Morgan fingerprint density at radius 2 is 2.11 bits per heavy atom. The summed E-state index contributed by atoms with van der Waals surface area (Å²) in [4.78, 5) is 0. The van der Waals surface area contributed by atoms with E-state index in [-0.39, 0.29) is 11.4 Å². The third-order valence-electron chi connectivity index (χ3n) is 3.02. The van der Waals surface area contributed by atoms with E-state index in [1.807, 2.05) is 13.8 Å². The van der Waals surface area contributed by atoms with Gasteiger partial charge in [-0.3, -0.25) is 5.41 Å². The number of benzene rings is 1. The number of nitrogen functional groups attached to an aromatic ring is 1. The molecule has 0 aliphatic carbocycles. The molecule has 0 atom stereocenters. The number of amidine groups is 1. The number of nitrogens with two attached hydrogens (primary N) is 1. The van der Waals surface area contributed by atoms with Crippen molar-refractivity contribution in [1.82, 2.24) is 0 Å². The molecule has 0 saturated carbocycles. The highest BCUT2D eigenvalue weighted by molar-refractivity contribution is 5.96. The molecule has 1 aromatic rings. The van der Waals surface area contributed by atoms with E-state index in [9.17, 15) is 4.39 Å². The minimum Gasteiger partial charge on any atom is -0.384 e. The molecular weight excluding hydrogens is 247 g/mol. The zero-order valence-electron chi connectivity index (χ0n) is 11.6. The molecule has 0 aromatic heterocycles. The average molecular weight is 268 g/mol. The second-order valence-electron chi connectivity index (χ2n) is 4.98. The standard InChI is InChI=1S/C14H21FN2O2/c1-14(2,18-3)6-7-19-9-10-4-5-11(15)8-12(10)13(16)17/h4-5,8H,6-7,9H2,1-3H3,(H3,16,17). The van der Waals surface area contributed by atoms with E-state index < -0.39 is 5.82 Å². The Labute approximate surface area is 113 Å². The van der Waals surface area contributed by atoms with Gasteiger partial charge in [-0.1, -0.05) is 6.07 Å². The molecule has 0 aliphatic rings. The summed E-state index contributed by atoms with van der Waals surface area (Å²) < 4.78 is 23.9. The maximum Gasteiger partial charge on any atom is 0.123 e. The fourth-order valence-electron chi connectivity index (χ4n) is 1.53. The molecule has 0 radical (unpaired) electrons. The van der Waals surface area contributed by atoms with Gasteiger partial charge in [0.15, 0.2) is 0 Å². The Kier molecular flexibility index (Phi) is 5.44. The van der Waals surface area contributed by atoms with E-state index in [1.165, 1.54) is 12.1 Å². The maximum absolute atomic E-state index is 13.1. The zero-order chi connectivity index (χ0) is 14.5. The van der Waals surface area contributed by atoms with E-state index in [4.69, 9.17) is 20.6 Å². The molecule has 0 heterocycles. The first-order valence-corrected chi connectivity index (χ1v) is 6.11. The van der Waals surface area contributed by atoms with Crippen LogP contribution in [0.15, 0.2) is 18.2 Å². The molecule has 106 valence electrons. The van der Waals surface area contributed by atoms with Crippen LogP contribution in [0.5, 0.6) is 0 Å². The molecule has 5 heteroatoms.